The number of hydrogen-bond donors (Lipinski definition) is 1. The van der Waals surface area contributed by atoms with Gasteiger partial charge in [-0.1, -0.05) is 0 Å². The molecule has 17 heteroatoms. The second-order valence-corrected chi connectivity index (χ2v) is 7.67. The highest BCUT2D eigenvalue weighted by atomic mass is 19.4. The minimum atomic E-state index is -7.73. The second kappa shape index (κ2) is 10.8. The Kier molecular flexibility index (Phi) is 8.77. The third kappa shape index (κ3) is 5.85. The summed E-state index contributed by atoms with van der Waals surface area (Å²) in [6.45, 7) is -3.04. The van der Waals surface area contributed by atoms with Crippen LogP contribution in [-0.4, -0.2) is 61.6 Å². The average molecular weight is 585 g/mol. The van der Waals surface area contributed by atoms with Crippen LogP contribution in [0.1, 0.15) is 20.7 Å². The van der Waals surface area contributed by atoms with Crippen molar-refractivity contribution in [1.82, 2.24) is 0 Å². The fourth-order valence-electron chi connectivity index (χ4n) is 2.70. The summed E-state index contributed by atoms with van der Waals surface area (Å²) in [5.41, 5.74) is -0.266. The van der Waals surface area contributed by atoms with Gasteiger partial charge in [0.1, 0.15) is 5.75 Å². The van der Waals surface area contributed by atoms with Gasteiger partial charge in [-0.3, -0.25) is 0 Å². The van der Waals surface area contributed by atoms with E-state index in [1.165, 1.54) is 12.1 Å². The number of ether oxygens (including phenoxy) is 2. The summed E-state index contributed by atoms with van der Waals surface area (Å²) in [5.74, 6) is -39.1. The van der Waals surface area contributed by atoms with Crippen molar-refractivity contribution in [1.29, 1.82) is 0 Å². The Balaban J connectivity index is 2.12. The molecule has 2 rings (SSSR count). The van der Waals surface area contributed by atoms with E-state index in [1.807, 2.05) is 0 Å². The number of halogens is 12. The molecule has 0 amide bonds. The van der Waals surface area contributed by atoms with Crippen LogP contribution in [0.15, 0.2) is 48.5 Å². The number of nitrogens with one attached hydrogen (secondary N) is 1. The summed E-state index contributed by atoms with van der Waals surface area (Å²) in [6, 6.07) is 9.17. The Labute approximate surface area is 210 Å². The van der Waals surface area contributed by atoms with Crippen molar-refractivity contribution >= 4 is 17.6 Å². The summed E-state index contributed by atoms with van der Waals surface area (Å²) in [5, 5.41) is 2.81. The molecule has 0 aliphatic heterocycles. The predicted molar refractivity (Wildman–Crippen MR) is 108 cm³/mol. The van der Waals surface area contributed by atoms with E-state index < -0.39 is 60.1 Å². The molecule has 0 aliphatic rings. The van der Waals surface area contributed by atoms with Gasteiger partial charge in [0.05, 0.1) is 11.1 Å². The van der Waals surface area contributed by atoms with Gasteiger partial charge in [0, 0.05) is 12.7 Å². The fourth-order valence-corrected chi connectivity index (χ4v) is 2.70. The van der Waals surface area contributed by atoms with Crippen LogP contribution >= 0.6 is 0 Å². The first-order chi connectivity index (χ1) is 17.7. The molecule has 216 valence electrons. The third-order valence-corrected chi connectivity index (χ3v) is 5.04. The van der Waals surface area contributed by atoms with E-state index in [9.17, 15) is 62.3 Å². The molecule has 0 aliphatic carbocycles. The Morgan fingerprint density at radius 2 is 1.18 bits per heavy atom. The van der Waals surface area contributed by atoms with E-state index in [1.54, 1.807) is 19.2 Å². The van der Waals surface area contributed by atoms with Crippen LogP contribution in [0.5, 0.6) is 5.75 Å². The molecule has 0 atom stereocenters. The van der Waals surface area contributed by atoms with E-state index >= 15 is 0 Å². The molecule has 39 heavy (non-hydrogen) atoms. The van der Waals surface area contributed by atoms with Crippen molar-refractivity contribution in [2.75, 3.05) is 19.0 Å². The molecule has 2 aromatic rings. The molecular weight excluding hydrogens is 570 g/mol. The van der Waals surface area contributed by atoms with Crippen molar-refractivity contribution in [3.8, 4) is 5.75 Å². The SMILES string of the molecule is CNc1ccc(OC(=O)c2ccc(C(=O)OCC(F)(F)C(F)(F)C(F)(F)C(F)(F)C(F)(F)C(F)F)cc2)cc1. The maximum Gasteiger partial charge on any atom is 0.384 e. The lowest BCUT2D eigenvalue weighted by Gasteiger charge is -2.38. The minimum absolute atomic E-state index is 0.0966. The highest BCUT2D eigenvalue weighted by Crippen LogP contribution is 2.58. The van der Waals surface area contributed by atoms with Crippen molar-refractivity contribution in [2.45, 2.75) is 36.0 Å². The van der Waals surface area contributed by atoms with E-state index in [4.69, 9.17) is 4.74 Å². The first-order valence-corrected chi connectivity index (χ1v) is 10.2. The molecule has 2 aromatic carbocycles. The standard InChI is InChI=1S/C22H15F12NO4/c1-35-13-6-8-14(9-7-13)39-16(37)12-4-2-11(3-5-12)15(36)38-10-18(25,26)20(29,30)22(33,34)21(31,32)19(27,28)17(23)24/h2-9,17,35H,10H2,1H3. The predicted octanol–water partition coefficient (Wildman–Crippen LogP) is 6.55. The number of rotatable bonds is 11. The van der Waals surface area contributed by atoms with Crippen molar-refractivity contribution < 1.29 is 71.7 Å². The number of benzene rings is 2. The van der Waals surface area contributed by atoms with Gasteiger partial charge in [-0.2, -0.15) is 43.9 Å². The minimum Gasteiger partial charge on any atom is -0.455 e. The lowest BCUT2D eigenvalue weighted by molar-refractivity contribution is -0.414. The highest BCUT2D eigenvalue weighted by molar-refractivity contribution is 5.94. The molecule has 0 radical (unpaired) electrons. The summed E-state index contributed by atoms with van der Waals surface area (Å²) in [6.07, 6.45) is -5.63. The molecule has 0 fully saturated rings. The van der Waals surface area contributed by atoms with Gasteiger partial charge in [-0.05, 0) is 48.5 Å². The molecule has 0 spiro atoms. The van der Waals surface area contributed by atoms with Crippen LogP contribution in [-0.2, 0) is 4.74 Å². The van der Waals surface area contributed by atoms with Crippen LogP contribution in [0, 0.1) is 0 Å². The van der Waals surface area contributed by atoms with Crippen LogP contribution in [0.2, 0.25) is 0 Å². The summed E-state index contributed by atoms with van der Waals surface area (Å²) < 4.78 is 167. The van der Waals surface area contributed by atoms with Gasteiger partial charge in [0.25, 0.3) is 0 Å². The lowest BCUT2D eigenvalue weighted by Crippen LogP contribution is -2.69. The highest BCUT2D eigenvalue weighted by Gasteiger charge is 2.87. The van der Waals surface area contributed by atoms with Crippen LogP contribution in [0.4, 0.5) is 58.4 Å². The quantitative estimate of drug-likeness (QED) is 0.184. The first kappa shape index (κ1) is 31.6. The third-order valence-electron chi connectivity index (χ3n) is 5.04. The van der Waals surface area contributed by atoms with Crippen LogP contribution in [0.3, 0.4) is 0 Å². The van der Waals surface area contributed by atoms with Crippen molar-refractivity contribution in [3.05, 3.63) is 59.7 Å². The van der Waals surface area contributed by atoms with Gasteiger partial charge in [-0.25, -0.2) is 18.4 Å². The van der Waals surface area contributed by atoms with Gasteiger partial charge in [0.15, 0.2) is 6.61 Å². The Morgan fingerprint density at radius 3 is 1.62 bits per heavy atom. The zero-order valence-corrected chi connectivity index (χ0v) is 19.1. The van der Waals surface area contributed by atoms with Gasteiger partial charge in [-0.15, -0.1) is 0 Å². The normalized spacial score (nSPS) is 13.3. The summed E-state index contributed by atoms with van der Waals surface area (Å²) in [4.78, 5) is 24.0. The number of carbonyl (C=O) groups is 2. The Bertz CT molecular complexity index is 1170. The van der Waals surface area contributed by atoms with Crippen molar-refractivity contribution in [2.24, 2.45) is 0 Å². The van der Waals surface area contributed by atoms with Gasteiger partial charge < -0.3 is 14.8 Å². The molecule has 0 unspecified atom stereocenters. The lowest BCUT2D eigenvalue weighted by atomic mass is 9.94. The maximum atomic E-state index is 13.8. The zero-order valence-electron chi connectivity index (χ0n) is 19.1. The Hall–Kier alpha value is -3.66. The number of esters is 2. The average Bonchev–Trinajstić information content (AvgIpc) is 2.87. The molecule has 1 N–H and O–H groups in total. The smallest absolute Gasteiger partial charge is 0.384 e. The van der Waals surface area contributed by atoms with E-state index in [-0.39, 0.29) is 11.3 Å². The fraction of sp³-hybridized carbons (Fsp3) is 0.364. The molecule has 0 aromatic heterocycles. The van der Waals surface area contributed by atoms with E-state index in [0.717, 1.165) is 24.3 Å². The van der Waals surface area contributed by atoms with E-state index in [0.29, 0.717) is 5.69 Å². The monoisotopic (exact) mass is 585 g/mol. The van der Waals surface area contributed by atoms with Gasteiger partial charge >= 0.3 is 48.0 Å². The largest absolute Gasteiger partial charge is 0.455 e. The number of alkyl halides is 12. The molecular formula is C22H15F12NO4. The zero-order chi connectivity index (χ0) is 30.0. The number of carbonyl (C=O) groups excluding carboxylic acids is 2. The van der Waals surface area contributed by atoms with Crippen molar-refractivity contribution in [3.63, 3.8) is 0 Å². The number of hydrogen-bond acceptors (Lipinski definition) is 5. The summed E-state index contributed by atoms with van der Waals surface area (Å²) >= 11 is 0. The molecule has 0 saturated heterocycles. The van der Waals surface area contributed by atoms with Crippen LogP contribution in [0.25, 0.3) is 0 Å². The molecule has 0 bridgehead atoms. The molecule has 0 heterocycles. The van der Waals surface area contributed by atoms with Crippen LogP contribution < -0.4 is 10.1 Å². The molecule has 0 saturated carbocycles. The second-order valence-electron chi connectivity index (χ2n) is 7.67. The number of anilines is 1. The van der Waals surface area contributed by atoms with Gasteiger partial charge in [0.2, 0.25) is 0 Å². The maximum absolute atomic E-state index is 13.8. The summed E-state index contributed by atoms with van der Waals surface area (Å²) in [7, 11) is 1.63. The van der Waals surface area contributed by atoms with E-state index in [2.05, 4.69) is 10.1 Å². The Morgan fingerprint density at radius 1 is 0.718 bits per heavy atom. The first-order valence-electron chi connectivity index (χ1n) is 10.2. The molecule has 5 nitrogen and oxygen atoms in total. The topological polar surface area (TPSA) is 64.6 Å².